The standard InChI is InChI=1S/C21H13F3N4O/c1-11-19-17(27-14-6-2-3-7-16(14)29-19)12-8-9-15(28-20(12)26-11)18-13(21(22,23)24)5-4-10-25-18/h2-10,27H,1H3. The second kappa shape index (κ2) is 6.16. The summed E-state index contributed by atoms with van der Waals surface area (Å²) in [6.45, 7) is 1.77. The topological polar surface area (TPSA) is 59.9 Å². The van der Waals surface area contributed by atoms with Crippen molar-refractivity contribution in [3.63, 3.8) is 0 Å². The van der Waals surface area contributed by atoms with Crippen LogP contribution in [0.1, 0.15) is 11.3 Å². The average molecular weight is 394 g/mol. The maximum absolute atomic E-state index is 13.4. The van der Waals surface area contributed by atoms with E-state index in [2.05, 4.69) is 20.3 Å². The van der Waals surface area contributed by atoms with Gasteiger partial charge in [-0.3, -0.25) is 4.98 Å². The summed E-state index contributed by atoms with van der Waals surface area (Å²) in [6, 6.07) is 12.9. The van der Waals surface area contributed by atoms with Crippen LogP contribution in [0.2, 0.25) is 0 Å². The third-order valence-electron chi connectivity index (χ3n) is 4.69. The summed E-state index contributed by atoms with van der Waals surface area (Å²) in [4.78, 5) is 12.7. The van der Waals surface area contributed by atoms with E-state index in [-0.39, 0.29) is 11.4 Å². The lowest BCUT2D eigenvalue weighted by Crippen LogP contribution is -2.09. The van der Waals surface area contributed by atoms with Gasteiger partial charge in [0.1, 0.15) is 5.69 Å². The molecule has 0 fully saturated rings. The average Bonchev–Trinajstić information content (AvgIpc) is 2.72. The minimum absolute atomic E-state index is 0.106. The first-order valence-corrected chi connectivity index (χ1v) is 8.79. The normalized spacial score (nSPS) is 12.7. The lowest BCUT2D eigenvalue weighted by molar-refractivity contribution is -0.137. The van der Waals surface area contributed by atoms with Crippen LogP contribution in [0.25, 0.3) is 22.4 Å². The quantitative estimate of drug-likeness (QED) is 0.385. The molecule has 0 atom stereocenters. The van der Waals surface area contributed by atoms with Crippen molar-refractivity contribution in [2.75, 3.05) is 5.32 Å². The van der Waals surface area contributed by atoms with Crippen molar-refractivity contribution in [3.8, 4) is 22.9 Å². The molecular weight excluding hydrogens is 381 g/mol. The van der Waals surface area contributed by atoms with Gasteiger partial charge in [-0.05, 0) is 43.3 Å². The van der Waals surface area contributed by atoms with E-state index < -0.39 is 11.7 Å². The zero-order valence-corrected chi connectivity index (χ0v) is 15.1. The predicted molar refractivity (Wildman–Crippen MR) is 102 cm³/mol. The number of pyridine rings is 3. The van der Waals surface area contributed by atoms with E-state index in [0.717, 1.165) is 11.8 Å². The van der Waals surface area contributed by atoms with Crippen LogP contribution in [0, 0.1) is 6.92 Å². The van der Waals surface area contributed by atoms with Crippen LogP contribution in [-0.4, -0.2) is 15.0 Å². The van der Waals surface area contributed by atoms with Gasteiger partial charge in [-0.15, -0.1) is 0 Å². The Morgan fingerprint density at radius 2 is 1.79 bits per heavy atom. The Morgan fingerprint density at radius 1 is 0.966 bits per heavy atom. The summed E-state index contributed by atoms with van der Waals surface area (Å²) in [6.07, 6.45) is -3.22. The fourth-order valence-corrected chi connectivity index (χ4v) is 3.36. The lowest BCUT2D eigenvalue weighted by Gasteiger charge is -2.24. The van der Waals surface area contributed by atoms with Crippen molar-refractivity contribution >= 4 is 22.4 Å². The van der Waals surface area contributed by atoms with Gasteiger partial charge in [0.05, 0.1) is 28.3 Å². The van der Waals surface area contributed by atoms with E-state index in [1.54, 1.807) is 13.0 Å². The first kappa shape index (κ1) is 17.4. The molecule has 144 valence electrons. The summed E-state index contributed by atoms with van der Waals surface area (Å²) in [5, 5.41) is 3.97. The monoisotopic (exact) mass is 394 g/mol. The number of aryl methyl sites for hydroxylation is 1. The number of alkyl halides is 3. The van der Waals surface area contributed by atoms with Crippen LogP contribution in [0.4, 0.5) is 24.5 Å². The first-order chi connectivity index (χ1) is 13.9. The lowest BCUT2D eigenvalue weighted by atomic mass is 10.1. The van der Waals surface area contributed by atoms with Crippen LogP contribution in [-0.2, 0) is 6.18 Å². The van der Waals surface area contributed by atoms with Crippen LogP contribution < -0.4 is 10.1 Å². The van der Waals surface area contributed by atoms with Gasteiger partial charge in [-0.2, -0.15) is 13.2 Å². The largest absolute Gasteiger partial charge is 0.451 e. The SMILES string of the molecule is Cc1nc2nc(-c3ncccc3C(F)(F)F)ccc2c2c1Oc1ccccc1N2. The zero-order valence-electron chi connectivity index (χ0n) is 15.1. The second-order valence-corrected chi connectivity index (χ2v) is 6.59. The Balaban J connectivity index is 1.68. The molecular formula is C21H13F3N4O. The molecule has 4 aromatic rings. The molecule has 0 amide bonds. The van der Waals surface area contributed by atoms with Crippen molar-refractivity contribution in [3.05, 3.63) is 66.0 Å². The molecule has 0 saturated carbocycles. The number of rotatable bonds is 1. The molecule has 0 aliphatic carbocycles. The van der Waals surface area contributed by atoms with E-state index in [1.165, 1.54) is 18.3 Å². The molecule has 1 aromatic carbocycles. The van der Waals surface area contributed by atoms with E-state index in [9.17, 15) is 13.2 Å². The number of ether oxygens (including phenoxy) is 1. The van der Waals surface area contributed by atoms with Crippen LogP contribution in [0.15, 0.2) is 54.7 Å². The first-order valence-electron chi connectivity index (χ1n) is 8.79. The summed E-state index contributed by atoms with van der Waals surface area (Å²) in [5.74, 6) is 1.25. The molecule has 1 N–H and O–H groups in total. The number of anilines is 2. The minimum Gasteiger partial charge on any atom is -0.451 e. The Labute approximate surface area is 163 Å². The number of halogens is 3. The maximum Gasteiger partial charge on any atom is 0.418 e. The van der Waals surface area contributed by atoms with Crippen LogP contribution in [0.3, 0.4) is 0 Å². The van der Waals surface area contributed by atoms with Crippen LogP contribution in [0.5, 0.6) is 11.5 Å². The molecule has 0 unspecified atom stereocenters. The molecule has 0 bridgehead atoms. The second-order valence-electron chi connectivity index (χ2n) is 6.59. The number of nitrogens with zero attached hydrogens (tertiary/aromatic N) is 3. The summed E-state index contributed by atoms with van der Waals surface area (Å²) < 4.78 is 46.1. The fraction of sp³-hybridized carbons (Fsp3) is 0.0952. The molecule has 0 radical (unpaired) electrons. The molecule has 29 heavy (non-hydrogen) atoms. The minimum atomic E-state index is -4.53. The van der Waals surface area contributed by atoms with Crippen molar-refractivity contribution in [2.24, 2.45) is 0 Å². The van der Waals surface area contributed by atoms with Gasteiger partial charge in [0.2, 0.25) is 0 Å². The number of nitrogens with one attached hydrogen (secondary N) is 1. The maximum atomic E-state index is 13.4. The van der Waals surface area contributed by atoms with Gasteiger partial charge in [0.15, 0.2) is 17.1 Å². The van der Waals surface area contributed by atoms with Crippen molar-refractivity contribution in [2.45, 2.75) is 13.1 Å². The highest BCUT2D eigenvalue weighted by atomic mass is 19.4. The zero-order chi connectivity index (χ0) is 20.2. The number of fused-ring (bicyclic) bond motifs is 4. The van der Waals surface area contributed by atoms with E-state index >= 15 is 0 Å². The van der Waals surface area contributed by atoms with E-state index in [4.69, 9.17) is 4.74 Å². The summed E-state index contributed by atoms with van der Waals surface area (Å²) in [7, 11) is 0. The Hall–Kier alpha value is -3.68. The van der Waals surface area contributed by atoms with Gasteiger partial charge in [0.25, 0.3) is 0 Å². The van der Waals surface area contributed by atoms with E-state index in [1.807, 2.05) is 24.3 Å². The third kappa shape index (κ3) is 2.84. The van der Waals surface area contributed by atoms with Gasteiger partial charge in [-0.25, -0.2) is 9.97 Å². The van der Waals surface area contributed by atoms with Crippen molar-refractivity contribution in [1.82, 2.24) is 15.0 Å². The Bertz CT molecular complexity index is 1270. The predicted octanol–water partition coefficient (Wildman–Crippen LogP) is 5.87. The molecule has 8 heteroatoms. The number of para-hydroxylation sites is 2. The molecule has 0 spiro atoms. The van der Waals surface area contributed by atoms with Gasteiger partial charge < -0.3 is 10.1 Å². The number of benzene rings is 1. The van der Waals surface area contributed by atoms with Crippen molar-refractivity contribution in [1.29, 1.82) is 0 Å². The molecule has 1 aliphatic heterocycles. The number of aromatic nitrogens is 3. The Morgan fingerprint density at radius 3 is 2.62 bits per heavy atom. The van der Waals surface area contributed by atoms with Gasteiger partial charge in [0, 0.05) is 11.6 Å². The fourth-order valence-electron chi connectivity index (χ4n) is 3.36. The highest BCUT2D eigenvalue weighted by Crippen LogP contribution is 2.46. The summed E-state index contributed by atoms with van der Waals surface area (Å²) >= 11 is 0. The number of hydrogen-bond acceptors (Lipinski definition) is 5. The number of hydrogen-bond donors (Lipinski definition) is 1. The molecule has 1 aliphatic rings. The molecule has 0 saturated heterocycles. The van der Waals surface area contributed by atoms with Gasteiger partial charge in [-0.1, -0.05) is 12.1 Å². The van der Waals surface area contributed by atoms with Crippen LogP contribution >= 0.6 is 0 Å². The highest BCUT2D eigenvalue weighted by molar-refractivity contribution is 5.98. The Kier molecular flexibility index (Phi) is 3.70. The third-order valence-corrected chi connectivity index (χ3v) is 4.69. The smallest absolute Gasteiger partial charge is 0.418 e. The van der Waals surface area contributed by atoms with Gasteiger partial charge >= 0.3 is 6.18 Å². The van der Waals surface area contributed by atoms with E-state index in [0.29, 0.717) is 33.9 Å². The summed E-state index contributed by atoms with van der Waals surface area (Å²) in [5.41, 5.74) is 1.41. The highest BCUT2D eigenvalue weighted by Gasteiger charge is 2.34. The molecule has 5 rings (SSSR count). The molecule has 3 aromatic heterocycles. The molecule has 5 nitrogen and oxygen atoms in total. The molecule has 4 heterocycles. The van der Waals surface area contributed by atoms with Crippen molar-refractivity contribution < 1.29 is 17.9 Å².